The summed E-state index contributed by atoms with van der Waals surface area (Å²) in [7, 11) is 0. The largest absolute Gasteiger partial charge is 0.416 e. The molecule has 0 saturated carbocycles. The van der Waals surface area contributed by atoms with Crippen molar-refractivity contribution in [3.05, 3.63) is 34.9 Å². The van der Waals surface area contributed by atoms with Crippen LogP contribution in [0.25, 0.3) is 0 Å². The van der Waals surface area contributed by atoms with Crippen molar-refractivity contribution in [2.24, 2.45) is 0 Å². The first kappa shape index (κ1) is 20.8. The lowest BCUT2D eigenvalue weighted by molar-refractivity contribution is -0.143. The maximum atomic E-state index is 12.9. The second-order valence-corrected chi connectivity index (χ2v) is 6.47. The van der Waals surface area contributed by atoms with Crippen molar-refractivity contribution in [1.29, 1.82) is 0 Å². The SMILES string of the molecule is Cl.O=C(c1cc(C(F)(F)F)cc(C(F)(F)F)c1)N1CCC2CCC(C1)N2. The van der Waals surface area contributed by atoms with Crippen LogP contribution in [0.15, 0.2) is 18.2 Å². The van der Waals surface area contributed by atoms with Crippen LogP contribution in [-0.2, 0) is 12.4 Å². The number of halogens is 7. The number of fused-ring (bicyclic) bond motifs is 2. The summed E-state index contributed by atoms with van der Waals surface area (Å²) in [4.78, 5) is 13.9. The molecule has 0 aromatic heterocycles. The third kappa shape index (κ3) is 4.43. The van der Waals surface area contributed by atoms with Gasteiger partial charge in [0, 0.05) is 30.7 Å². The summed E-state index contributed by atoms with van der Waals surface area (Å²) in [6, 6.07) is 1.30. The number of nitrogens with zero attached hydrogens (tertiary/aromatic N) is 1. The van der Waals surface area contributed by atoms with Gasteiger partial charge in [-0.1, -0.05) is 0 Å². The molecule has 3 rings (SSSR count). The second kappa shape index (κ2) is 7.26. The van der Waals surface area contributed by atoms with Gasteiger partial charge in [0.2, 0.25) is 0 Å². The summed E-state index contributed by atoms with van der Waals surface area (Å²) in [6.45, 7) is 0.595. The number of carbonyl (C=O) groups excluding carboxylic acids is 1. The van der Waals surface area contributed by atoms with Gasteiger partial charge in [-0.15, -0.1) is 12.4 Å². The molecule has 2 heterocycles. The van der Waals surface area contributed by atoms with Gasteiger partial charge in [0.15, 0.2) is 0 Å². The third-order valence-electron chi connectivity index (χ3n) is 4.65. The van der Waals surface area contributed by atoms with Gasteiger partial charge < -0.3 is 10.2 Å². The van der Waals surface area contributed by atoms with Crippen molar-refractivity contribution in [2.45, 2.75) is 43.7 Å². The number of nitrogens with one attached hydrogen (secondary N) is 1. The molecular weight excluding hydrogens is 386 g/mol. The highest BCUT2D eigenvalue weighted by Crippen LogP contribution is 2.36. The number of amides is 1. The molecule has 3 nitrogen and oxygen atoms in total. The highest BCUT2D eigenvalue weighted by Gasteiger charge is 2.38. The van der Waals surface area contributed by atoms with E-state index in [1.54, 1.807) is 0 Å². The molecule has 0 aliphatic carbocycles. The van der Waals surface area contributed by atoms with Gasteiger partial charge in [-0.05, 0) is 37.5 Å². The van der Waals surface area contributed by atoms with Gasteiger partial charge in [-0.3, -0.25) is 4.79 Å². The van der Waals surface area contributed by atoms with E-state index in [4.69, 9.17) is 0 Å². The predicted molar refractivity (Wildman–Crippen MR) is 84.2 cm³/mol. The lowest BCUT2D eigenvalue weighted by Gasteiger charge is -2.25. The van der Waals surface area contributed by atoms with Crippen LogP contribution in [0.2, 0.25) is 0 Å². The molecule has 10 heteroatoms. The Labute approximate surface area is 152 Å². The summed E-state index contributed by atoms with van der Waals surface area (Å²) in [6.07, 6.45) is -7.49. The second-order valence-electron chi connectivity index (χ2n) is 6.47. The van der Waals surface area contributed by atoms with E-state index in [1.165, 1.54) is 4.90 Å². The molecule has 2 aliphatic heterocycles. The number of hydrogen-bond donors (Lipinski definition) is 1. The summed E-state index contributed by atoms with van der Waals surface area (Å²) in [5, 5.41) is 3.31. The average molecular weight is 403 g/mol. The quantitative estimate of drug-likeness (QED) is 0.717. The van der Waals surface area contributed by atoms with E-state index in [-0.39, 0.29) is 37.1 Å². The molecule has 1 amide bonds. The van der Waals surface area contributed by atoms with Gasteiger partial charge in [-0.2, -0.15) is 26.3 Å². The minimum Gasteiger partial charge on any atom is -0.337 e. The molecule has 2 fully saturated rings. The summed E-state index contributed by atoms with van der Waals surface area (Å²) < 4.78 is 77.6. The Morgan fingerprint density at radius 1 is 0.923 bits per heavy atom. The molecule has 2 aliphatic rings. The highest BCUT2D eigenvalue weighted by molar-refractivity contribution is 5.94. The molecule has 2 atom stereocenters. The first-order chi connectivity index (χ1) is 11.5. The molecule has 146 valence electrons. The highest BCUT2D eigenvalue weighted by atomic mass is 35.5. The maximum absolute atomic E-state index is 12.9. The molecular formula is C16H17ClF6N2O. The van der Waals surface area contributed by atoms with Crippen LogP contribution in [0.4, 0.5) is 26.3 Å². The fraction of sp³-hybridized carbons (Fsp3) is 0.562. The van der Waals surface area contributed by atoms with Crippen molar-refractivity contribution >= 4 is 18.3 Å². The molecule has 0 radical (unpaired) electrons. The molecule has 2 bridgehead atoms. The van der Waals surface area contributed by atoms with Crippen molar-refractivity contribution in [3.63, 3.8) is 0 Å². The first-order valence-electron chi connectivity index (χ1n) is 7.89. The van der Waals surface area contributed by atoms with Crippen molar-refractivity contribution in [1.82, 2.24) is 10.2 Å². The number of rotatable bonds is 1. The fourth-order valence-electron chi connectivity index (χ4n) is 3.39. The molecule has 1 N–H and O–H groups in total. The van der Waals surface area contributed by atoms with Crippen LogP contribution in [0.1, 0.15) is 40.7 Å². The van der Waals surface area contributed by atoms with E-state index < -0.39 is 35.0 Å². The van der Waals surface area contributed by atoms with E-state index in [0.717, 1.165) is 12.8 Å². The molecule has 1 aromatic carbocycles. The normalized spacial score (nSPS) is 23.4. The van der Waals surface area contributed by atoms with Crippen LogP contribution in [-0.4, -0.2) is 36.0 Å². The lowest BCUT2D eigenvalue weighted by atomic mass is 10.0. The van der Waals surface area contributed by atoms with E-state index >= 15 is 0 Å². The zero-order valence-corrected chi connectivity index (χ0v) is 14.3. The molecule has 2 unspecified atom stereocenters. The Morgan fingerprint density at radius 3 is 2.00 bits per heavy atom. The zero-order valence-electron chi connectivity index (χ0n) is 13.5. The van der Waals surface area contributed by atoms with Crippen LogP contribution in [0, 0.1) is 0 Å². The zero-order chi connectivity index (χ0) is 18.4. The topological polar surface area (TPSA) is 32.3 Å². The monoisotopic (exact) mass is 402 g/mol. The minimum atomic E-state index is -4.96. The number of alkyl halides is 6. The van der Waals surface area contributed by atoms with Crippen LogP contribution in [0.3, 0.4) is 0 Å². The third-order valence-corrected chi connectivity index (χ3v) is 4.65. The van der Waals surface area contributed by atoms with Crippen LogP contribution < -0.4 is 5.32 Å². The number of carbonyl (C=O) groups is 1. The van der Waals surface area contributed by atoms with E-state index in [9.17, 15) is 31.1 Å². The van der Waals surface area contributed by atoms with Gasteiger partial charge in [0.05, 0.1) is 11.1 Å². The number of benzene rings is 1. The standard InChI is InChI=1S/C16H16F6N2O.ClH/c17-15(18,19)10-5-9(6-11(7-10)16(20,21)22)14(25)24-4-3-12-1-2-13(8-24)23-12;/h5-7,12-13,23H,1-4,8H2;1H. The average Bonchev–Trinajstić information content (AvgIpc) is 2.83. The summed E-state index contributed by atoms with van der Waals surface area (Å²) >= 11 is 0. The van der Waals surface area contributed by atoms with Crippen LogP contribution >= 0.6 is 12.4 Å². The summed E-state index contributed by atoms with van der Waals surface area (Å²) in [5.74, 6) is -0.800. The smallest absolute Gasteiger partial charge is 0.337 e. The Hall–Kier alpha value is -1.48. The maximum Gasteiger partial charge on any atom is 0.416 e. The Bertz CT molecular complexity index is 643. The molecule has 26 heavy (non-hydrogen) atoms. The molecule has 0 spiro atoms. The van der Waals surface area contributed by atoms with Crippen molar-refractivity contribution < 1.29 is 31.1 Å². The first-order valence-corrected chi connectivity index (χ1v) is 7.89. The van der Waals surface area contributed by atoms with Crippen molar-refractivity contribution in [2.75, 3.05) is 13.1 Å². The van der Waals surface area contributed by atoms with E-state index in [2.05, 4.69) is 5.32 Å². The lowest BCUT2D eigenvalue weighted by Crippen LogP contribution is -2.39. The molecule has 1 aromatic rings. The van der Waals surface area contributed by atoms with Gasteiger partial charge in [-0.25, -0.2) is 0 Å². The Kier molecular flexibility index (Phi) is 5.82. The number of likely N-dealkylation sites (tertiary alicyclic amines) is 1. The molecule has 2 saturated heterocycles. The van der Waals surface area contributed by atoms with Gasteiger partial charge >= 0.3 is 12.4 Å². The Balaban J connectivity index is 0.00000243. The fourth-order valence-corrected chi connectivity index (χ4v) is 3.39. The van der Waals surface area contributed by atoms with Gasteiger partial charge in [0.25, 0.3) is 5.91 Å². The summed E-state index contributed by atoms with van der Waals surface area (Å²) in [5.41, 5.74) is -3.53. The Morgan fingerprint density at radius 2 is 1.46 bits per heavy atom. The van der Waals surface area contributed by atoms with Crippen molar-refractivity contribution in [3.8, 4) is 0 Å². The van der Waals surface area contributed by atoms with Gasteiger partial charge in [0.1, 0.15) is 0 Å². The number of hydrogen-bond acceptors (Lipinski definition) is 2. The minimum absolute atomic E-state index is 0. The van der Waals surface area contributed by atoms with E-state index in [1.807, 2.05) is 0 Å². The predicted octanol–water partition coefficient (Wildman–Crippen LogP) is 4.11. The van der Waals surface area contributed by atoms with Crippen LogP contribution in [0.5, 0.6) is 0 Å². The van der Waals surface area contributed by atoms with E-state index in [0.29, 0.717) is 25.1 Å².